The summed E-state index contributed by atoms with van der Waals surface area (Å²) in [4.78, 5) is 30.9. The van der Waals surface area contributed by atoms with Gasteiger partial charge in [-0.25, -0.2) is 4.39 Å². The Balaban J connectivity index is 1.91. The highest BCUT2D eigenvalue weighted by molar-refractivity contribution is 6.10. The number of carbonyl (C=O) groups excluding carboxylic acids is 2. The fourth-order valence-electron chi connectivity index (χ4n) is 2.73. The second kappa shape index (κ2) is 7.19. The summed E-state index contributed by atoms with van der Waals surface area (Å²) in [6.45, 7) is 4.94. The van der Waals surface area contributed by atoms with E-state index in [1.54, 1.807) is 38.1 Å². The minimum absolute atomic E-state index is 0.159. The molecule has 6 nitrogen and oxygen atoms in total. The van der Waals surface area contributed by atoms with Crippen LogP contribution in [-0.4, -0.2) is 28.2 Å². The van der Waals surface area contributed by atoms with Crippen LogP contribution in [0.1, 0.15) is 31.9 Å². The van der Waals surface area contributed by atoms with E-state index < -0.39 is 11.4 Å². The van der Waals surface area contributed by atoms with Gasteiger partial charge in [-0.15, -0.1) is 0 Å². The Hall–Kier alpha value is -3.22. The molecule has 0 bridgehead atoms. The summed E-state index contributed by atoms with van der Waals surface area (Å²) < 4.78 is 13.6. The molecule has 0 radical (unpaired) electrons. The Morgan fingerprint density at radius 3 is 2.56 bits per heavy atom. The van der Waals surface area contributed by atoms with E-state index in [1.165, 1.54) is 24.0 Å². The Kier molecular flexibility index (Phi) is 4.94. The molecule has 3 rings (SSSR count). The maximum absolute atomic E-state index is 13.6. The summed E-state index contributed by atoms with van der Waals surface area (Å²) in [5, 5.41) is 6.77. The molecule has 7 heteroatoms. The first kappa shape index (κ1) is 18.6. The lowest BCUT2D eigenvalue weighted by atomic mass is 10.0. The second-order valence-electron chi connectivity index (χ2n) is 6.80. The predicted octanol–water partition coefficient (Wildman–Crippen LogP) is 3.28. The van der Waals surface area contributed by atoms with Crippen LogP contribution in [0.3, 0.4) is 0 Å². The number of hydrogen-bond donors (Lipinski definition) is 1. The molecule has 0 aromatic heterocycles. The van der Waals surface area contributed by atoms with E-state index in [9.17, 15) is 14.0 Å². The van der Waals surface area contributed by atoms with Gasteiger partial charge in [-0.1, -0.05) is 29.4 Å². The van der Waals surface area contributed by atoms with Crippen LogP contribution in [-0.2, 0) is 21.0 Å². The number of rotatable bonds is 4. The van der Waals surface area contributed by atoms with E-state index in [0.29, 0.717) is 11.3 Å². The lowest BCUT2D eigenvalue weighted by molar-refractivity contribution is -0.154. The van der Waals surface area contributed by atoms with Crippen molar-refractivity contribution in [1.82, 2.24) is 4.90 Å². The Labute approximate surface area is 156 Å². The van der Waals surface area contributed by atoms with Gasteiger partial charge in [0.05, 0.1) is 6.54 Å². The molecule has 2 aromatic rings. The molecule has 1 heterocycles. The second-order valence-corrected chi connectivity index (χ2v) is 6.80. The van der Waals surface area contributed by atoms with Crippen molar-refractivity contribution in [3.63, 3.8) is 0 Å². The highest BCUT2D eigenvalue weighted by atomic mass is 19.1. The molecule has 1 aliphatic rings. The van der Waals surface area contributed by atoms with Gasteiger partial charge in [0.25, 0.3) is 5.91 Å². The molecule has 2 amide bonds. The van der Waals surface area contributed by atoms with Gasteiger partial charge in [0, 0.05) is 18.2 Å². The van der Waals surface area contributed by atoms with Crippen molar-refractivity contribution >= 4 is 23.3 Å². The highest BCUT2D eigenvalue weighted by Crippen LogP contribution is 2.25. The monoisotopic (exact) mass is 369 g/mol. The summed E-state index contributed by atoms with van der Waals surface area (Å²) in [6, 6.07) is 13.0. The van der Waals surface area contributed by atoms with Gasteiger partial charge in [0.15, 0.2) is 5.84 Å². The fourth-order valence-corrected chi connectivity index (χ4v) is 2.73. The third-order valence-corrected chi connectivity index (χ3v) is 4.07. The fraction of sp³-hybridized carbons (Fsp3) is 0.250. The first-order valence-electron chi connectivity index (χ1n) is 8.47. The van der Waals surface area contributed by atoms with Crippen molar-refractivity contribution in [3.8, 4) is 0 Å². The predicted molar refractivity (Wildman–Crippen MR) is 99.4 cm³/mol. The molecular formula is C20H20FN3O3. The van der Waals surface area contributed by atoms with Crippen molar-refractivity contribution < 1.29 is 18.8 Å². The topological polar surface area (TPSA) is 71.0 Å². The van der Waals surface area contributed by atoms with Gasteiger partial charge in [-0.05, 0) is 43.7 Å². The number of amides is 2. The summed E-state index contributed by atoms with van der Waals surface area (Å²) in [7, 11) is 0. The van der Waals surface area contributed by atoms with E-state index >= 15 is 0 Å². The molecular weight excluding hydrogens is 349 g/mol. The minimum Gasteiger partial charge on any atom is -0.378 e. The lowest BCUT2D eigenvalue weighted by Crippen LogP contribution is -2.52. The number of carbonyl (C=O) groups is 2. The van der Waals surface area contributed by atoms with Crippen molar-refractivity contribution in [2.45, 2.75) is 32.9 Å². The third-order valence-electron chi connectivity index (χ3n) is 4.07. The highest BCUT2D eigenvalue weighted by Gasteiger charge is 2.41. The maximum Gasteiger partial charge on any atom is 0.275 e. The van der Waals surface area contributed by atoms with Crippen molar-refractivity contribution in [2.75, 3.05) is 5.32 Å². The van der Waals surface area contributed by atoms with Crippen LogP contribution in [0.25, 0.3) is 0 Å². The number of anilines is 1. The van der Waals surface area contributed by atoms with Crippen LogP contribution < -0.4 is 5.32 Å². The average Bonchev–Trinajstić information content (AvgIpc) is 2.60. The van der Waals surface area contributed by atoms with Gasteiger partial charge in [-0.2, -0.15) is 0 Å². The zero-order valence-electron chi connectivity index (χ0n) is 15.3. The number of nitrogens with one attached hydrogen (secondary N) is 1. The molecule has 0 spiro atoms. The molecule has 140 valence electrons. The minimum atomic E-state index is -1.12. The summed E-state index contributed by atoms with van der Waals surface area (Å²) in [5.74, 6) is -0.604. The number of halogens is 1. The average molecular weight is 369 g/mol. The van der Waals surface area contributed by atoms with Crippen molar-refractivity contribution in [3.05, 3.63) is 65.5 Å². The van der Waals surface area contributed by atoms with Crippen LogP contribution in [0.2, 0.25) is 0 Å². The molecule has 0 saturated carbocycles. The molecule has 1 aliphatic heterocycles. The Morgan fingerprint density at radius 2 is 1.93 bits per heavy atom. The van der Waals surface area contributed by atoms with Gasteiger partial charge in [0.2, 0.25) is 11.5 Å². The number of amidine groups is 1. The van der Waals surface area contributed by atoms with E-state index in [-0.39, 0.29) is 24.2 Å². The molecule has 1 N–H and O–H groups in total. The zero-order chi connectivity index (χ0) is 19.6. The van der Waals surface area contributed by atoms with Crippen LogP contribution >= 0.6 is 0 Å². The standard InChI is InChI=1S/C20H20FN3O3/c1-13(25)22-17-9-7-14(8-10-17)12-24-18(15-5-4-6-16(21)11-15)23-27-20(2,3)19(24)26/h4-11H,12H2,1-3H3,(H,22,25). The normalized spacial score (nSPS) is 15.8. The summed E-state index contributed by atoms with van der Waals surface area (Å²) in [5.41, 5.74) is 0.833. The Bertz CT molecular complexity index is 907. The van der Waals surface area contributed by atoms with E-state index in [0.717, 1.165) is 5.56 Å². The van der Waals surface area contributed by atoms with Gasteiger partial charge >= 0.3 is 0 Å². The first-order valence-corrected chi connectivity index (χ1v) is 8.47. The Morgan fingerprint density at radius 1 is 1.22 bits per heavy atom. The van der Waals surface area contributed by atoms with Gasteiger partial charge in [0.1, 0.15) is 5.82 Å². The molecule has 0 aliphatic carbocycles. The molecule has 0 atom stereocenters. The van der Waals surface area contributed by atoms with E-state index in [1.807, 2.05) is 12.1 Å². The van der Waals surface area contributed by atoms with E-state index in [4.69, 9.17) is 4.84 Å². The maximum atomic E-state index is 13.6. The molecule has 0 saturated heterocycles. The lowest BCUT2D eigenvalue weighted by Gasteiger charge is -2.35. The van der Waals surface area contributed by atoms with Crippen LogP contribution in [0.5, 0.6) is 0 Å². The number of benzene rings is 2. The van der Waals surface area contributed by atoms with Gasteiger partial charge in [-0.3, -0.25) is 14.5 Å². The summed E-state index contributed by atoms with van der Waals surface area (Å²) >= 11 is 0. The zero-order valence-corrected chi connectivity index (χ0v) is 15.3. The smallest absolute Gasteiger partial charge is 0.275 e. The van der Waals surface area contributed by atoms with Crippen LogP contribution in [0.4, 0.5) is 10.1 Å². The SMILES string of the molecule is CC(=O)Nc1ccc(CN2C(=O)C(C)(C)ON=C2c2cccc(F)c2)cc1. The molecule has 0 unspecified atom stereocenters. The number of oxime groups is 1. The quantitative estimate of drug-likeness (QED) is 0.899. The molecule has 0 fully saturated rings. The molecule has 27 heavy (non-hydrogen) atoms. The van der Waals surface area contributed by atoms with E-state index in [2.05, 4.69) is 10.5 Å². The van der Waals surface area contributed by atoms with Crippen LogP contribution in [0, 0.1) is 5.82 Å². The number of hydrogen-bond acceptors (Lipinski definition) is 4. The summed E-state index contributed by atoms with van der Waals surface area (Å²) in [6.07, 6.45) is 0. The number of nitrogens with zero attached hydrogens (tertiary/aromatic N) is 2. The molecule has 2 aromatic carbocycles. The van der Waals surface area contributed by atoms with Crippen molar-refractivity contribution in [2.24, 2.45) is 5.16 Å². The van der Waals surface area contributed by atoms with Gasteiger partial charge < -0.3 is 10.2 Å². The first-order chi connectivity index (χ1) is 12.8. The largest absolute Gasteiger partial charge is 0.378 e. The third kappa shape index (κ3) is 4.13. The van der Waals surface area contributed by atoms with Crippen LogP contribution in [0.15, 0.2) is 53.7 Å². The van der Waals surface area contributed by atoms with Crippen molar-refractivity contribution in [1.29, 1.82) is 0 Å².